The summed E-state index contributed by atoms with van der Waals surface area (Å²) in [4.78, 5) is 33.0. The lowest BCUT2D eigenvalue weighted by Crippen LogP contribution is -2.18. The number of hydrogen-bond donors (Lipinski definition) is 1. The minimum absolute atomic E-state index is 0.0381. The Morgan fingerprint density at radius 3 is 2.13 bits per heavy atom. The minimum Gasteiger partial charge on any atom is -0.316 e. The molecule has 1 fully saturated rings. The van der Waals surface area contributed by atoms with Gasteiger partial charge in [-0.3, -0.25) is 14.4 Å². The SMILES string of the molecule is O=C1NC(=Cc2ccccc2)C(=O)C1=O. The zero-order chi connectivity index (χ0) is 10.8. The van der Waals surface area contributed by atoms with E-state index in [1.165, 1.54) is 6.08 Å². The van der Waals surface area contributed by atoms with Crippen LogP contribution in [0.1, 0.15) is 5.56 Å². The molecule has 74 valence electrons. The molecule has 0 radical (unpaired) electrons. The molecular formula is C11H7NO3. The molecule has 1 saturated heterocycles. The predicted octanol–water partition coefficient (Wildman–Crippen LogP) is 0.295. The first-order valence-electron chi connectivity index (χ1n) is 4.35. The largest absolute Gasteiger partial charge is 0.316 e. The summed E-state index contributed by atoms with van der Waals surface area (Å²) in [5.41, 5.74) is 0.798. The zero-order valence-electron chi connectivity index (χ0n) is 7.69. The number of Topliss-reactive ketones (excluding diaryl/α,β-unsaturated/α-hetero) is 2. The van der Waals surface area contributed by atoms with E-state index in [1.807, 2.05) is 6.07 Å². The van der Waals surface area contributed by atoms with Crippen molar-refractivity contribution in [1.29, 1.82) is 0 Å². The quantitative estimate of drug-likeness (QED) is 0.525. The number of nitrogens with one attached hydrogen (secondary N) is 1. The summed E-state index contributed by atoms with van der Waals surface area (Å²) in [5.74, 6) is -2.64. The van der Waals surface area contributed by atoms with Crippen LogP contribution in [-0.4, -0.2) is 17.5 Å². The molecule has 0 bridgehead atoms. The molecule has 15 heavy (non-hydrogen) atoms. The number of amides is 1. The lowest BCUT2D eigenvalue weighted by molar-refractivity contribution is -0.140. The van der Waals surface area contributed by atoms with Crippen molar-refractivity contribution in [3.63, 3.8) is 0 Å². The summed E-state index contributed by atoms with van der Waals surface area (Å²) in [6, 6.07) is 8.98. The van der Waals surface area contributed by atoms with E-state index in [0.717, 1.165) is 5.56 Å². The molecule has 0 atom stereocenters. The predicted molar refractivity (Wildman–Crippen MR) is 52.6 cm³/mol. The maximum Gasteiger partial charge on any atom is 0.300 e. The van der Waals surface area contributed by atoms with Crippen molar-refractivity contribution in [3.05, 3.63) is 41.6 Å². The molecule has 0 saturated carbocycles. The van der Waals surface area contributed by atoms with Crippen molar-refractivity contribution in [2.75, 3.05) is 0 Å². The highest BCUT2D eigenvalue weighted by atomic mass is 16.2. The van der Waals surface area contributed by atoms with E-state index >= 15 is 0 Å². The third-order valence-corrected chi connectivity index (χ3v) is 2.02. The second-order valence-electron chi connectivity index (χ2n) is 3.08. The maximum absolute atomic E-state index is 11.2. The van der Waals surface area contributed by atoms with Gasteiger partial charge < -0.3 is 5.32 Å². The van der Waals surface area contributed by atoms with Gasteiger partial charge in [-0.1, -0.05) is 30.3 Å². The summed E-state index contributed by atoms with van der Waals surface area (Å²) < 4.78 is 0. The monoisotopic (exact) mass is 201 g/mol. The number of allylic oxidation sites excluding steroid dienone is 1. The lowest BCUT2D eigenvalue weighted by Gasteiger charge is -1.94. The van der Waals surface area contributed by atoms with Crippen molar-refractivity contribution in [3.8, 4) is 0 Å². The van der Waals surface area contributed by atoms with E-state index in [2.05, 4.69) is 5.32 Å². The first kappa shape index (κ1) is 9.33. The van der Waals surface area contributed by atoms with Gasteiger partial charge in [0, 0.05) is 0 Å². The average Bonchev–Trinajstić information content (AvgIpc) is 2.48. The molecule has 1 amide bonds. The smallest absolute Gasteiger partial charge is 0.300 e. The van der Waals surface area contributed by atoms with E-state index in [1.54, 1.807) is 24.3 Å². The molecule has 4 nitrogen and oxygen atoms in total. The maximum atomic E-state index is 11.2. The van der Waals surface area contributed by atoms with Crippen molar-refractivity contribution < 1.29 is 14.4 Å². The summed E-state index contributed by atoms with van der Waals surface area (Å²) >= 11 is 0. The van der Waals surface area contributed by atoms with Crippen LogP contribution in [0.5, 0.6) is 0 Å². The third kappa shape index (κ3) is 1.69. The number of carbonyl (C=O) groups excluding carboxylic acids is 3. The lowest BCUT2D eigenvalue weighted by atomic mass is 10.1. The van der Waals surface area contributed by atoms with Gasteiger partial charge in [0.05, 0.1) is 5.70 Å². The van der Waals surface area contributed by atoms with Crippen LogP contribution < -0.4 is 5.32 Å². The first-order chi connectivity index (χ1) is 7.18. The van der Waals surface area contributed by atoms with E-state index < -0.39 is 17.5 Å². The standard InChI is InChI=1S/C11H7NO3/c13-9-8(12-11(15)10(9)14)6-7-4-2-1-3-5-7/h1-6H,(H,12,15). The Morgan fingerprint density at radius 1 is 0.933 bits per heavy atom. The van der Waals surface area contributed by atoms with Gasteiger partial charge >= 0.3 is 5.91 Å². The highest BCUT2D eigenvalue weighted by molar-refractivity contribution is 6.70. The summed E-state index contributed by atoms with van der Waals surface area (Å²) in [6.45, 7) is 0. The van der Waals surface area contributed by atoms with E-state index in [0.29, 0.717) is 0 Å². The average molecular weight is 201 g/mol. The Labute approximate surface area is 85.6 Å². The molecule has 0 spiro atoms. The second kappa shape index (κ2) is 3.49. The van der Waals surface area contributed by atoms with Gasteiger partial charge in [0.15, 0.2) is 0 Å². The van der Waals surface area contributed by atoms with E-state index in [-0.39, 0.29) is 5.70 Å². The van der Waals surface area contributed by atoms with Gasteiger partial charge in [0.2, 0.25) is 0 Å². The second-order valence-corrected chi connectivity index (χ2v) is 3.08. The fourth-order valence-corrected chi connectivity index (χ4v) is 1.28. The molecule has 0 aliphatic carbocycles. The molecule has 4 heteroatoms. The zero-order valence-corrected chi connectivity index (χ0v) is 7.69. The highest BCUT2D eigenvalue weighted by Gasteiger charge is 2.34. The van der Waals surface area contributed by atoms with Crippen LogP contribution in [0.4, 0.5) is 0 Å². The highest BCUT2D eigenvalue weighted by Crippen LogP contribution is 2.09. The molecule has 1 heterocycles. The van der Waals surface area contributed by atoms with Crippen LogP contribution in [0, 0.1) is 0 Å². The number of carbonyl (C=O) groups is 3. The summed E-state index contributed by atoms with van der Waals surface area (Å²) in [5, 5.41) is 2.22. The van der Waals surface area contributed by atoms with Gasteiger partial charge in [0.1, 0.15) is 0 Å². The van der Waals surface area contributed by atoms with Crippen LogP contribution in [0.25, 0.3) is 6.08 Å². The summed E-state index contributed by atoms with van der Waals surface area (Å²) in [7, 11) is 0. The normalized spacial score (nSPS) is 18.4. The van der Waals surface area contributed by atoms with Crippen molar-refractivity contribution >= 4 is 23.5 Å². The Morgan fingerprint density at radius 2 is 1.60 bits per heavy atom. The summed E-state index contributed by atoms with van der Waals surface area (Å²) in [6.07, 6.45) is 1.48. The molecule has 2 rings (SSSR count). The van der Waals surface area contributed by atoms with Gasteiger partial charge in [0.25, 0.3) is 11.6 Å². The Hall–Kier alpha value is -2.23. The van der Waals surface area contributed by atoms with Crippen LogP contribution >= 0.6 is 0 Å². The van der Waals surface area contributed by atoms with Crippen LogP contribution in [0.3, 0.4) is 0 Å². The van der Waals surface area contributed by atoms with Crippen molar-refractivity contribution in [2.45, 2.75) is 0 Å². The van der Waals surface area contributed by atoms with Crippen LogP contribution in [0.2, 0.25) is 0 Å². The Bertz CT molecular complexity index is 474. The molecule has 0 aromatic heterocycles. The van der Waals surface area contributed by atoms with E-state index in [4.69, 9.17) is 0 Å². The van der Waals surface area contributed by atoms with E-state index in [9.17, 15) is 14.4 Å². The van der Waals surface area contributed by atoms with Crippen molar-refractivity contribution in [1.82, 2.24) is 5.32 Å². The van der Waals surface area contributed by atoms with Crippen LogP contribution in [0.15, 0.2) is 36.0 Å². The number of ketones is 2. The fourth-order valence-electron chi connectivity index (χ4n) is 1.28. The molecule has 1 aliphatic rings. The van der Waals surface area contributed by atoms with Gasteiger partial charge in [-0.25, -0.2) is 0 Å². The third-order valence-electron chi connectivity index (χ3n) is 2.02. The molecule has 1 N–H and O–H groups in total. The number of benzene rings is 1. The fraction of sp³-hybridized carbons (Fsp3) is 0. The molecule has 0 unspecified atom stereocenters. The van der Waals surface area contributed by atoms with Crippen molar-refractivity contribution in [2.24, 2.45) is 0 Å². The minimum atomic E-state index is -1.00. The molecule has 1 aromatic carbocycles. The van der Waals surface area contributed by atoms with Gasteiger partial charge in [-0.15, -0.1) is 0 Å². The topological polar surface area (TPSA) is 63.2 Å². The first-order valence-corrected chi connectivity index (χ1v) is 4.35. The number of hydrogen-bond acceptors (Lipinski definition) is 3. The van der Waals surface area contributed by atoms with Crippen LogP contribution in [-0.2, 0) is 14.4 Å². The Kier molecular flexibility index (Phi) is 2.17. The molecular weight excluding hydrogens is 194 g/mol. The van der Waals surface area contributed by atoms with Gasteiger partial charge in [-0.05, 0) is 11.6 Å². The molecule has 1 aromatic rings. The number of rotatable bonds is 1. The van der Waals surface area contributed by atoms with Gasteiger partial charge in [-0.2, -0.15) is 0 Å². The Balaban J connectivity index is 2.34. The molecule has 1 aliphatic heterocycles.